The fourth-order valence-corrected chi connectivity index (χ4v) is 3.54. The summed E-state index contributed by atoms with van der Waals surface area (Å²) in [5.41, 5.74) is 3.79. The van der Waals surface area contributed by atoms with Gasteiger partial charge in [-0.25, -0.2) is 9.78 Å². The average Bonchev–Trinajstić information content (AvgIpc) is 2.94. The van der Waals surface area contributed by atoms with E-state index < -0.39 is 0 Å². The molecule has 130 valence electrons. The highest BCUT2D eigenvalue weighted by molar-refractivity contribution is 9.10. The number of anilines is 1. The van der Waals surface area contributed by atoms with Crippen molar-refractivity contribution in [3.63, 3.8) is 0 Å². The second-order valence-electron chi connectivity index (χ2n) is 6.41. The van der Waals surface area contributed by atoms with Crippen molar-refractivity contribution >= 4 is 27.7 Å². The molecule has 2 aromatic carbocycles. The van der Waals surface area contributed by atoms with Gasteiger partial charge in [-0.05, 0) is 52.7 Å². The second-order valence-corrected chi connectivity index (χ2v) is 7.16. The molecule has 1 aliphatic heterocycles. The molecule has 1 aliphatic rings. The minimum Gasteiger partial charge on any atom is -0.508 e. The number of aromatic nitrogens is 2. The predicted molar refractivity (Wildman–Crippen MR) is 102 cm³/mol. The summed E-state index contributed by atoms with van der Waals surface area (Å²) in [6, 6.07) is 14.6. The fraction of sp³-hybridized carbons (Fsp3) is 0.150. The van der Waals surface area contributed by atoms with E-state index in [-0.39, 0.29) is 17.7 Å². The smallest absolute Gasteiger partial charge is 0.359 e. The Hall–Kier alpha value is -2.73. The number of benzene rings is 2. The zero-order chi connectivity index (χ0) is 18.3. The molecular formula is C20H17BrN3O2+. The Morgan fingerprint density at radius 3 is 2.54 bits per heavy atom. The van der Waals surface area contributed by atoms with Crippen LogP contribution in [-0.4, -0.2) is 22.0 Å². The number of rotatable bonds is 3. The quantitative estimate of drug-likeness (QED) is 0.648. The van der Waals surface area contributed by atoms with Gasteiger partial charge in [-0.2, -0.15) is 4.57 Å². The summed E-state index contributed by atoms with van der Waals surface area (Å²) in [6.45, 7) is 2.04. The number of carbonyl (C=O) groups is 1. The molecule has 0 bridgehead atoms. The molecule has 3 aromatic rings. The molecule has 26 heavy (non-hydrogen) atoms. The van der Waals surface area contributed by atoms with Crippen LogP contribution in [0.3, 0.4) is 0 Å². The van der Waals surface area contributed by atoms with Crippen LogP contribution < -0.4 is 9.88 Å². The molecule has 1 atom stereocenters. The largest absolute Gasteiger partial charge is 0.508 e. The second kappa shape index (κ2) is 6.53. The Balaban J connectivity index is 1.64. The van der Waals surface area contributed by atoms with Crippen molar-refractivity contribution in [2.24, 2.45) is 0 Å². The first-order chi connectivity index (χ1) is 12.5. The monoisotopic (exact) mass is 410 g/mol. The van der Waals surface area contributed by atoms with Crippen LogP contribution in [0, 0.1) is 6.92 Å². The maximum Gasteiger partial charge on any atom is 0.359 e. The van der Waals surface area contributed by atoms with E-state index in [0.717, 1.165) is 11.1 Å². The summed E-state index contributed by atoms with van der Waals surface area (Å²) in [6.07, 6.45) is 2.35. The first kappa shape index (κ1) is 16.7. The summed E-state index contributed by atoms with van der Waals surface area (Å²) in [5, 5.41) is 12.7. The molecule has 0 saturated heterocycles. The van der Waals surface area contributed by atoms with Crippen molar-refractivity contribution in [3.05, 3.63) is 70.5 Å². The minimum absolute atomic E-state index is 0.0105. The van der Waals surface area contributed by atoms with Gasteiger partial charge in [-0.1, -0.05) is 29.8 Å². The van der Waals surface area contributed by atoms with Crippen molar-refractivity contribution in [2.75, 3.05) is 5.32 Å². The van der Waals surface area contributed by atoms with Crippen LogP contribution in [0.15, 0.2) is 59.3 Å². The Morgan fingerprint density at radius 2 is 1.85 bits per heavy atom. The molecule has 4 rings (SSSR count). The number of carbonyl (C=O) groups excluding carboxylic acids is 1. The molecular weight excluding hydrogens is 394 g/mol. The number of nitrogens with one attached hydrogen (secondary N) is 1. The summed E-state index contributed by atoms with van der Waals surface area (Å²) in [4.78, 5) is 17.4. The van der Waals surface area contributed by atoms with Gasteiger partial charge in [0.2, 0.25) is 0 Å². The van der Waals surface area contributed by atoms with Crippen molar-refractivity contribution in [1.29, 1.82) is 0 Å². The average molecular weight is 411 g/mol. The van der Waals surface area contributed by atoms with Crippen LogP contribution in [-0.2, 0) is 6.42 Å². The zero-order valence-corrected chi connectivity index (χ0v) is 15.7. The Labute approximate surface area is 159 Å². The number of phenolic OH excluding ortho intramolecular Hbond substituents is 1. The number of hydrogen-bond acceptors (Lipinski definition) is 4. The van der Waals surface area contributed by atoms with Gasteiger partial charge in [-0.3, -0.25) is 5.32 Å². The molecule has 1 aromatic heterocycles. The van der Waals surface area contributed by atoms with E-state index in [2.05, 4.69) is 38.4 Å². The molecule has 2 N–H and O–H groups in total. The molecule has 0 amide bonds. The lowest BCUT2D eigenvalue weighted by Gasteiger charge is -2.03. The number of aryl methyl sites for hydroxylation is 1. The van der Waals surface area contributed by atoms with Crippen LogP contribution in [0.2, 0.25) is 0 Å². The Kier molecular flexibility index (Phi) is 4.20. The SMILES string of the molecule is Cc1ccc(CC2Nc3c(Br)nc(-c4ccc(O)cc4)c[n+]3C2=O)cc1. The highest BCUT2D eigenvalue weighted by Crippen LogP contribution is 2.27. The molecule has 0 spiro atoms. The van der Waals surface area contributed by atoms with E-state index in [1.807, 2.05) is 19.1 Å². The third-order valence-electron chi connectivity index (χ3n) is 4.48. The van der Waals surface area contributed by atoms with E-state index >= 15 is 0 Å². The van der Waals surface area contributed by atoms with E-state index in [9.17, 15) is 9.90 Å². The van der Waals surface area contributed by atoms with Crippen LogP contribution in [0.1, 0.15) is 15.9 Å². The lowest BCUT2D eigenvalue weighted by Crippen LogP contribution is -2.43. The van der Waals surface area contributed by atoms with Gasteiger partial charge in [-0.15, -0.1) is 0 Å². The number of aromatic hydroxyl groups is 1. The van der Waals surface area contributed by atoms with Gasteiger partial charge in [0.05, 0.1) is 0 Å². The molecule has 6 heteroatoms. The van der Waals surface area contributed by atoms with Gasteiger partial charge in [0.25, 0.3) is 0 Å². The van der Waals surface area contributed by atoms with Gasteiger partial charge in [0.15, 0.2) is 10.6 Å². The summed E-state index contributed by atoms with van der Waals surface area (Å²) >= 11 is 3.46. The normalized spacial score (nSPS) is 15.6. The maximum absolute atomic E-state index is 12.9. The van der Waals surface area contributed by atoms with E-state index in [1.54, 1.807) is 35.0 Å². The fourth-order valence-electron chi connectivity index (χ4n) is 3.04. The van der Waals surface area contributed by atoms with Crippen molar-refractivity contribution in [2.45, 2.75) is 19.4 Å². The molecule has 5 nitrogen and oxygen atoms in total. The molecule has 1 unspecified atom stereocenters. The Bertz CT molecular complexity index is 985. The van der Waals surface area contributed by atoms with Gasteiger partial charge < -0.3 is 5.11 Å². The van der Waals surface area contributed by atoms with Crippen LogP contribution in [0.25, 0.3) is 11.3 Å². The van der Waals surface area contributed by atoms with E-state index in [1.165, 1.54) is 5.56 Å². The highest BCUT2D eigenvalue weighted by atomic mass is 79.9. The molecule has 0 radical (unpaired) electrons. The summed E-state index contributed by atoms with van der Waals surface area (Å²) in [5.74, 6) is 0.843. The number of fused-ring (bicyclic) bond motifs is 1. The molecule has 0 fully saturated rings. The first-order valence-electron chi connectivity index (χ1n) is 8.29. The van der Waals surface area contributed by atoms with Crippen molar-refractivity contribution in [3.8, 4) is 17.0 Å². The summed E-state index contributed by atoms with van der Waals surface area (Å²) in [7, 11) is 0. The van der Waals surface area contributed by atoms with Crippen molar-refractivity contribution in [1.82, 2.24) is 4.98 Å². The third-order valence-corrected chi connectivity index (χ3v) is 5.03. The van der Waals surface area contributed by atoms with Gasteiger partial charge in [0.1, 0.15) is 17.6 Å². The first-order valence-corrected chi connectivity index (χ1v) is 9.08. The van der Waals surface area contributed by atoms with Crippen LogP contribution in [0.5, 0.6) is 5.75 Å². The Morgan fingerprint density at radius 1 is 1.15 bits per heavy atom. The number of phenols is 1. The zero-order valence-electron chi connectivity index (χ0n) is 14.1. The molecule has 0 aliphatic carbocycles. The maximum atomic E-state index is 12.9. The lowest BCUT2D eigenvalue weighted by molar-refractivity contribution is -0.552. The van der Waals surface area contributed by atoms with E-state index in [4.69, 9.17) is 0 Å². The molecule has 0 saturated carbocycles. The van der Waals surface area contributed by atoms with E-state index in [0.29, 0.717) is 22.5 Å². The number of nitrogens with zero attached hydrogens (tertiary/aromatic N) is 2. The number of halogens is 1. The summed E-state index contributed by atoms with van der Waals surface area (Å²) < 4.78 is 2.20. The van der Waals surface area contributed by atoms with Crippen molar-refractivity contribution < 1.29 is 14.5 Å². The van der Waals surface area contributed by atoms with Crippen LogP contribution >= 0.6 is 15.9 Å². The lowest BCUT2D eigenvalue weighted by atomic mass is 10.0. The van der Waals surface area contributed by atoms with Crippen LogP contribution in [0.4, 0.5) is 5.82 Å². The molecule has 2 heterocycles. The highest BCUT2D eigenvalue weighted by Gasteiger charge is 2.40. The standard InChI is InChI=1S/C20H16BrN3O2/c1-12-2-4-13(5-3-12)10-16-20(26)24-11-17(22-18(21)19(24)23-16)14-6-8-15(25)9-7-14/h2-9,11,16,25H,10H2,1H3/p+1. The van der Waals surface area contributed by atoms with Gasteiger partial charge in [0, 0.05) is 12.0 Å². The predicted octanol–water partition coefficient (Wildman–Crippen LogP) is 3.49. The topological polar surface area (TPSA) is 66.1 Å². The van der Waals surface area contributed by atoms with Gasteiger partial charge >= 0.3 is 11.7 Å². The number of hydrogen-bond donors (Lipinski definition) is 2. The third kappa shape index (κ3) is 3.08. The minimum atomic E-state index is -0.328.